The maximum atomic E-state index is 12.2. The van der Waals surface area contributed by atoms with E-state index in [0.717, 1.165) is 37.6 Å². The lowest BCUT2D eigenvalue weighted by Crippen LogP contribution is -2.34. The molecule has 2 aliphatic rings. The SMILES string of the molecule is O=C(NCCSCc1ccccc1)C1CC12CCNCC2. The average molecular weight is 304 g/mol. The van der Waals surface area contributed by atoms with Crippen LogP contribution in [-0.4, -0.2) is 31.3 Å². The van der Waals surface area contributed by atoms with Crippen LogP contribution >= 0.6 is 11.8 Å². The molecule has 1 amide bonds. The standard InChI is InChI=1S/C17H24N2OS/c20-16(15-12-17(15)6-8-18-9-7-17)19-10-11-21-13-14-4-2-1-3-5-14/h1-5,15,18H,6-13H2,(H,19,20). The molecule has 0 bridgehead atoms. The number of amides is 1. The van der Waals surface area contributed by atoms with Gasteiger partial charge in [0, 0.05) is 24.0 Å². The summed E-state index contributed by atoms with van der Waals surface area (Å²) < 4.78 is 0. The summed E-state index contributed by atoms with van der Waals surface area (Å²) in [6.07, 6.45) is 3.46. The lowest BCUT2D eigenvalue weighted by Gasteiger charge is -2.23. The van der Waals surface area contributed by atoms with Crippen molar-refractivity contribution in [1.29, 1.82) is 0 Å². The summed E-state index contributed by atoms with van der Waals surface area (Å²) in [4.78, 5) is 12.2. The second-order valence-electron chi connectivity index (χ2n) is 6.20. The van der Waals surface area contributed by atoms with Gasteiger partial charge in [0.1, 0.15) is 0 Å². The molecule has 1 aliphatic heterocycles. The Hall–Kier alpha value is -1.00. The van der Waals surface area contributed by atoms with Gasteiger partial charge in [-0.25, -0.2) is 0 Å². The van der Waals surface area contributed by atoms with Crippen LogP contribution in [0, 0.1) is 11.3 Å². The fourth-order valence-electron chi connectivity index (χ4n) is 3.33. The van der Waals surface area contributed by atoms with Crippen molar-refractivity contribution < 1.29 is 4.79 Å². The number of piperidine rings is 1. The molecular formula is C17H24N2OS. The average Bonchev–Trinajstić information content (AvgIpc) is 3.22. The predicted octanol–water partition coefficient (Wildman–Crippen LogP) is 2.43. The molecule has 1 heterocycles. The van der Waals surface area contributed by atoms with Gasteiger partial charge in [-0.1, -0.05) is 30.3 Å². The van der Waals surface area contributed by atoms with Gasteiger partial charge in [0.15, 0.2) is 0 Å². The molecule has 1 saturated heterocycles. The first-order valence-electron chi connectivity index (χ1n) is 7.90. The number of nitrogens with one attached hydrogen (secondary N) is 2. The van der Waals surface area contributed by atoms with Crippen LogP contribution < -0.4 is 10.6 Å². The lowest BCUT2D eigenvalue weighted by atomic mass is 9.92. The summed E-state index contributed by atoms with van der Waals surface area (Å²) in [6, 6.07) is 10.5. The summed E-state index contributed by atoms with van der Waals surface area (Å²) in [6.45, 7) is 2.95. The van der Waals surface area contributed by atoms with Crippen molar-refractivity contribution in [3.63, 3.8) is 0 Å². The Morgan fingerprint density at radius 3 is 2.81 bits per heavy atom. The summed E-state index contributed by atoms with van der Waals surface area (Å²) in [7, 11) is 0. The minimum absolute atomic E-state index is 0.289. The van der Waals surface area contributed by atoms with E-state index in [0.29, 0.717) is 11.3 Å². The van der Waals surface area contributed by atoms with Gasteiger partial charge >= 0.3 is 0 Å². The van der Waals surface area contributed by atoms with Gasteiger partial charge in [0.2, 0.25) is 5.91 Å². The minimum Gasteiger partial charge on any atom is -0.355 e. The molecule has 0 radical (unpaired) electrons. The third kappa shape index (κ3) is 3.80. The predicted molar refractivity (Wildman–Crippen MR) is 88.3 cm³/mol. The Bertz CT molecular complexity index is 471. The van der Waals surface area contributed by atoms with Crippen LogP contribution in [0.5, 0.6) is 0 Å². The molecule has 3 nitrogen and oxygen atoms in total. The van der Waals surface area contributed by atoms with E-state index < -0.39 is 0 Å². The molecule has 1 unspecified atom stereocenters. The number of carbonyl (C=O) groups is 1. The molecule has 1 aromatic rings. The number of rotatable bonds is 6. The van der Waals surface area contributed by atoms with Crippen LogP contribution in [0.15, 0.2) is 30.3 Å². The van der Waals surface area contributed by atoms with E-state index >= 15 is 0 Å². The van der Waals surface area contributed by atoms with Gasteiger partial charge in [-0.2, -0.15) is 11.8 Å². The van der Waals surface area contributed by atoms with Gasteiger partial charge in [0.05, 0.1) is 0 Å². The Kier molecular flexibility index (Phi) is 4.86. The quantitative estimate of drug-likeness (QED) is 0.793. The van der Waals surface area contributed by atoms with Crippen LogP contribution in [0.1, 0.15) is 24.8 Å². The Balaban J connectivity index is 1.30. The first-order valence-corrected chi connectivity index (χ1v) is 9.06. The zero-order valence-corrected chi connectivity index (χ0v) is 13.3. The highest BCUT2D eigenvalue weighted by Gasteiger charge is 2.57. The second kappa shape index (κ2) is 6.84. The number of hydrogen-bond acceptors (Lipinski definition) is 3. The van der Waals surface area contributed by atoms with Crippen molar-refractivity contribution in [1.82, 2.24) is 10.6 Å². The number of benzene rings is 1. The largest absolute Gasteiger partial charge is 0.355 e. The fourth-order valence-corrected chi connectivity index (χ4v) is 4.15. The molecule has 4 heteroatoms. The molecule has 1 aromatic carbocycles. The molecule has 21 heavy (non-hydrogen) atoms. The second-order valence-corrected chi connectivity index (χ2v) is 7.30. The number of hydrogen-bond donors (Lipinski definition) is 2. The van der Waals surface area contributed by atoms with Crippen LogP contribution in [0.3, 0.4) is 0 Å². The summed E-state index contributed by atoms with van der Waals surface area (Å²) >= 11 is 1.88. The van der Waals surface area contributed by atoms with Crippen LogP contribution in [-0.2, 0) is 10.5 Å². The van der Waals surface area contributed by atoms with Crippen molar-refractivity contribution >= 4 is 17.7 Å². The highest BCUT2D eigenvalue weighted by atomic mass is 32.2. The molecule has 1 atom stereocenters. The van der Waals surface area contributed by atoms with Gasteiger partial charge < -0.3 is 10.6 Å². The van der Waals surface area contributed by atoms with E-state index in [1.807, 2.05) is 17.8 Å². The first kappa shape index (κ1) is 14.9. The van der Waals surface area contributed by atoms with E-state index in [1.54, 1.807) is 0 Å². The monoisotopic (exact) mass is 304 g/mol. The topological polar surface area (TPSA) is 41.1 Å². The first-order chi connectivity index (χ1) is 10.3. The molecule has 2 fully saturated rings. The Morgan fingerprint density at radius 2 is 2.05 bits per heavy atom. The number of thioether (sulfide) groups is 1. The van der Waals surface area contributed by atoms with E-state index in [9.17, 15) is 4.79 Å². The van der Waals surface area contributed by atoms with Crippen molar-refractivity contribution in [2.75, 3.05) is 25.4 Å². The fraction of sp³-hybridized carbons (Fsp3) is 0.588. The lowest BCUT2D eigenvalue weighted by molar-refractivity contribution is -0.123. The summed E-state index contributed by atoms with van der Waals surface area (Å²) in [5.74, 6) is 2.59. The van der Waals surface area contributed by atoms with E-state index in [4.69, 9.17) is 0 Å². The van der Waals surface area contributed by atoms with E-state index in [-0.39, 0.29) is 5.91 Å². The minimum atomic E-state index is 0.289. The van der Waals surface area contributed by atoms with Gasteiger partial charge in [-0.05, 0) is 43.3 Å². The molecule has 1 spiro atoms. The van der Waals surface area contributed by atoms with Crippen molar-refractivity contribution in [3.05, 3.63) is 35.9 Å². The molecule has 3 rings (SSSR count). The maximum Gasteiger partial charge on any atom is 0.223 e. The molecular weight excluding hydrogens is 280 g/mol. The van der Waals surface area contributed by atoms with E-state index in [1.165, 1.54) is 18.4 Å². The zero-order valence-electron chi connectivity index (χ0n) is 12.4. The number of carbonyl (C=O) groups excluding carboxylic acids is 1. The Labute approximate surface area is 131 Å². The molecule has 1 saturated carbocycles. The highest BCUT2D eigenvalue weighted by Crippen LogP contribution is 2.58. The summed E-state index contributed by atoms with van der Waals surface area (Å²) in [5, 5.41) is 6.50. The smallest absolute Gasteiger partial charge is 0.223 e. The third-order valence-electron chi connectivity index (χ3n) is 4.76. The third-order valence-corrected chi connectivity index (χ3v) is 5.79. The normalized spacial score (nSPS) is 23.0. The maximum absolute atomic E-state index is 12.2. The Morgan fingerprint density at radius 1 is 1.29 bits per heavy atom. The molecule has 114 valence electrons. The van der Waals surface area contributed by atoms with Crippen LogP contribution in [0.25, 0.3) is 0 Å². The molecule has 1 aliphatic carbocycles. The van der Waals surface area contributed by atoms with Crippen LogP contribution in [0.2, 0.25) is 0 Å². The summed E-state index contributed by atoms with van der Waals surface area (Å²) in [5.41, 5.74) is 1.71. The van der Waals surface area contributed by atoms with Gasteiger partial charge in [-0.3, -0.25) is 4.79 Å². The van der Waals surface area contributed by atoms with Gasteiger partial charge in [0.25, 0.3) is 0 Å². The van der Waals surface area contributed by atoms with Crippen LogP contribution in [0.4, 0.5) is 0 Å². The molecule has 0 aromatic heterocycles. The van der Waals surface area contributed by atoms with Crippen molar-refractivity contribution in [3.8, 4) is 0 Å². The zero-order chi connectivity index (χ0) is 14.5. The molecule has 2 N–H and O–H groups in total. The van der Waals surface area contributed by atoms with Crippen molar-refractivity contribution in [2.24, 2.45) is 11.3 Å². The highest BCUT2D eigenvalue weighted by molar-refractivity contribution is 7.98. The van der Waals surface area contributed by atoms with E-state index in [2.05, 4.69) is 34.9 Å². The van der Waals surface area contributed by atoms with Gasteiger partial charge in [-0.15, -0.1) is 0 Å². The van der Waals surface area contributed by atoms with Crippen molar-refractivity contribution in [2.45, 2.75) is 25.0 Å².